The molecule has 1 amide bonds. The van der Waals surface area contributed by atoms with Crippen LogP contribution in [0.1, 0.15) is 6.92 Å². The van der Waals surface area contributed by atoms with Gasteiger partial charge in [-0.15, -0.1) is 10.2 Å². The number of nitrogens with zero attached hydrogens (tertiary/aromatic N) is 3. The molecule has 1 aromatic rings. The topological polar surface area (TPSA) is 104 Å². The normalized spacial score (nSPS) is 17.6. The van der Waals surface area contributed by atoms with E-state index in [0.29, 0.717) is 26.2 Å². The van der Waals surface area contributed by atoms with E-state index in [0.717, 1.165) is 11.3 Å². The summed E-state index contributed by atoms with van der Waals surface area (Å²) < 4.78 is 25.6. The standard InChI is InChI=1S/C8H13N5O3S2/c1-6(14)10-7-11-12-8(17-7)18(15,16)13-4-2-9-3-5-13/h9H,2-5H2,1H3,(H,10,11,14). The highest BCUT2D eigenvalue weighted by Gasteiger charge is 2.29. The van der Waals surface area contributed by atoms with Crippen LogP contribution in [0.5, 0.6) is 0 Å². The second kappa shape index (κ2) is 5.26. The molecule has 0 radical (unpaired) electrons. The van der Waals surface area contributed by atoms with Gasteiger partial charge in [0, 0.05) is 33.1 Å². The third-order valence-corrected chi connectivity index (χ3v) is 5.41. The van der Waals surface area contributed by atoms with Crippen LogP contribution >= 0.6 is 11.3 Å². The average molecular weight is 291 g/mol. The van der Waals surface area contributed by atoms with Crippen molar-refractivity contribution in [1.29, 1.82) is 0 Å². The number of sulfonamides is 1. The molecule has 8 nitrogen and oxygen atoms in total. The zero-order valence-electron chi connectivity index (χ0n) is 9.71. The predicted octanol–water partition coefficient (Wildman–Crippen LogP) is -0.910. The lowest BCUT2D eigenvalue weighted by Gasteiger charge is -2.25. The van der Waals surface area contributed by atoms with Crippen molar-refractivity contribution in [2.45, 2.75) is 11.3 Å². The number of aromatic nitrogens is 2. The van der Waals surface area contributed by atoms with Crippen molar-refractivity contribution >= 4 is 32.4 Å². The van der Waals surface area contributed by atoms with Crippen LogP contribution in [0.15, 0.2) is 4.34 Å². The van der Waals surface area contributed by atoms with Gasteiger partial charge in [0.15, 0.2) is 0 Å². The summed E-state index contributed by atoms with van der Waals surface area (Å²) in [4.78, 5) is 10.8. The summed E-state index contributed by atoms with van der Waals surface area (Å²) in [5, 5.41) is 12.9. The summed E-state index contributed by atoms with van der Waals surface area (Å²) in [7, 11) is -3.59. The number of nitrogens with one attached hydrogen (secondary N) is 2. The maximum atomic E-state index is 12.2. The van der Waals surface area contributed by atoms with Gasteiger partial charge in [0.25, 0.3) is 10.0 Å². The second-order valence-electron chi connectivity index (χ2n) is 3.71. The number of carbonyl (C=O) groups is 1. The lowest BCUT2D eigenvalue weighted by atomic mass is 10.4. The number of carbonyl (C=O) groups excluding carboxylic acids is 1. The first kappa shape index (κ1) is 13.3. The molecule has 0 aliphatic carbocycles. The van der Waals surface area contributed by atoms with E-state index in [9.17, 15) is 13.2 Å². The van der Waals surface area contributed by atoms with Gasteiger partial charge in [0.2, 0.25) is 15.4 Å². The van der Waals surface area contributed by atoms with Crippen LogP contribution < -0.4 is 10.6 Å². The molecular weight excluding hydrogens is 278 g/mol. The molecule has 1 aliphatic heterocycles. The van der Waals surface area contributed by atoms with Gasteiger partial charge in [-0.3, -0.25) is 4.79 Å². The van der Waals surface area contributed by atoms with E-state index in [1.807, 2.05) is 0 Å². The average Bonchev–Trinajstić information content (AvgIpc) is 2.78. The Kier molecular flexibility index (Phi) is 3.90. The van der Waals surface area contributed by atoms with E-state index in [2.05, 4.69) is 20.8 Å². The monoisotopic (exact) mass is 291 g/mol. The van der Waals surface area contributed by atoms with Crippen molar-refractivity contribution in [2.24, 2.45) is 0 Å². The molecule has 0 saturated carbocycles. The van der Waals surface area contributed by atoms with Gasteiger partial charge in [0.05, 0.1) is 0 Å². The minimum absolute atomic E-state index is 0.0897. The number of hydrogen-bond acceptors (Lipinski definition) is 7. The Bertz CT molecular complexity index is 535. The zero-order valence-corrected chi connectivity index (χ0v) is 11.3. The predicted molar refractivity (Wildman–Crippen MR) is 65.8 cm³/mol. The van der Waals surface area contributed by atoms with Gasteiger partial charge in [-0.25, -0.2) is 8.42 Å². The summed E-state index contributed by atoms with van der Waals surface area (Å²) in [6.07, 6.45) is 0. The molecule has 10 heteroatoms. The number of piperazine rings is 1. The Morgan fingerprint density at radius 3 is 2.67 bits per heavy atom. The molecule has 1 aromatic heterocycles. The summed E-state index contributed by atoms with van der Waals surface area (Å²) >= 11 is 0.858. The molecule has 1 fully saturated rings. The molecule has 1 aliphatic rings. The Hall–Kier alpha value is -1.10. The van der Waals surface area contributed by atoms with E-state index in [1.165, 1.54) is 11.2 Å². The summed E-state index contributed by atoms with van der Waals surface area (Å²) in [6.45, 7) is 3.40. The van der Waals surface area contributed by atoms with Gasteiger partial charge < -0.3 is 10.6 Å². The molecule has 1 saturated heterocycles. The first-order chi connectivity index (χ1) is 8.50. The Balaban J connectivity index is 2.18. The van der Waals surface area contributed by atoms with E-state index in [1.54, 1.807) is 0 Å². The molecule has 0 aromatic carbocycles. The highest BCUT2D eigenvalue weighted by Crippen LogP contribution is 2.23. The fourth-order valence-electron chi connectivity index (χ4n) is 1.51. The Labute approximate surface area is 108 Å². The van der Waals surface area contributed by atoms with Gasteiger partial charge in [-0.2, -0.15) is 4.31 Å². The van der Waals surface area contributed by atoms with Gasteiger partial charge in [-0.1, -0.05) is 11.3 Å². The summed E-state index contributed by atoms with van der Waals surface area (Å²) in [5.74, 6) is -0.308. The SMILES string of the molecule is CC(=O)Nc1nnc(S(=O)(=O)N2CCNCC2)s1. The minimum atomic E-state index is -3.59. The smallest absolute Gasteiger partial charge is 0.272 e. The largest absolute Gasteiger partial charge is 0.314 e. The quantitative estimate of drug-likeness (QED) is 0.699. The first-order valence-electron chi connectivity index (χ1n) is 5.32. The lowest BCUT2D eigenvalue weighted by Crippen LogP contribution is -2.46. The third kappa shape index (κ3) is 2.83. The highest BCUT2D eigenvalue weighted by molar-refractivity contribution is 7.91. The van der Waals surface area contributed by atoms with E-state index >= 15 is 0 Å². The summed E-state index contributed by atoms with van der Waals surface area (Å²) in [5.41, 5.74) is 0. The van der Waals surface area contributed by atoms with Crippen LogP contribution in [0.3, 0.4) is 0 Å². The van der Waals surface area contributed by atoms with Crippen LogP contribution in [0.2, 0.25) is 0 Å². The van der Waals surface area contributed by atoms with Crippen LogP contribution in [0, 0.1) is 0 Å². The van der Waals surface area contributed by atoms with Crippen LogP contribution in [0.4, 0.5) is 5.13 Å². The molecule has 2 heterocycles. The van der Waals surface area contributed by atoms with Crippen molar-refractivity contribution in [3.63, 3.8) is 0 Å². The molecule has 0 unspecified atom stereocenters. The zero-order chi connectivity index (χ0) is 13.2. The number of anilines is 1. The van der Waals surface area contributed by atoms with Crippen molar-refractivity contribution in [3.05, 3.63) is 0 Å². The fraction of sp³-hybridized carbons (Fsp3) is 0.625. The Morgan fingerprint density at radius 2 is 2.06 bits per heavy atom. The second-order valence-corrected chi connectivity index (χ2v) is 6.80. The molecule has 0 atom stereocenters. The van der Waals surface area contributed by atoms with Gasteiger partial charge >= 0.3 is 0 Å². The molecule has 100 valence electrons. The molecular formula is C8H13N5O3S2. The molecule has 0 bridgehead atoms. The molecule has 2 N–H and O–H groups in total. The third-order valence-electron chi connectivity index (χ3n) is 2.33. The minimum Gasteiger partial charge on any atom is -0.314 e. The van der Waals surface area contributed by atoms with E-state index < -0.39 is 10.0 Å². The maximum Gasteiger partial charge on any atom is 0.272 e. The van der Waals surface area contributed by atoms with E-state index in [4.69, 9.17) is 0 Å². The van der Waals surface area contributed by atoms with E-state index in [-0.39, 0.29) is 15.4 Å². The van der Waals surface area contributed by atoms with Crippen molar-refractivity contribution in [3.8, 4) is 0 Å². The van der Waals surface area contributed by atoms with Crippen molar-refractivity contribution in [1.82, 2.24) is 19.8 Å². The fourth-order valence-corrected chi connectivity index (χ4v) is 4.04. The van der Waals surface area contributed by atoms with Crippen molar-refractivity contribution < 1.29 is 13.2 Å². The number of hydrogen-bond donors (Lipinski definition) is 2. The van der Waals surface area contributed by atoms with Crippen molar-refractivity contribution in [2.75, 3.05) is 31.5 Å². The first-order valence-corrected chi connectivity index (χ1v) is 7.58. The molecule has 2 rings (SSSR count). The Morgan fingerprint density at radius 1 is 1.39 bits per heavy atom. The molecule has 18 heavy (non-hydrogen) atoms. The van der Waals surface area contributed by atoms with Gasteiger partial charge in [-0.05, 0) is 0 Å². The van der Waals surface area contributed by atoms with Crippen LogP contribution in [0.25, 0.3) is 0 Å². The number of amides is 1. The number of rotatable bonds is 3. The molecule has 0 spiro atoms. The highest BCUT2D eigenvalue weighted by atomic mass is 32.2. The lowest BCUT2D eigenvalue weighted by molar-refractivity contribution is -0.114. The van der Waals surface area contributed by atoms with Crippen LogP contribution in [-0.4, -0.2) is 55.0 Å². The summed E-state index contributed by atoms with van der Waals surface area (Å²) in [6, 6.07) is 0. The van der Waals surface area contributed by atoms with Crippen LogP contribution in [-0.2, 0) is 14.8 Å². The van der Waals surface area contributed by atoms with Gasteiger partial charge in [0.1, 0.15) is 0 Å². The maximum absolute atomic E-state index is 12.2.